The minimum Gasteiger partial charge on any atom is -0.427 e. The number of nitro benzene ring substituents is 2. The van der Waals surface area contributed by atoms with Gasteiger partial charge in [0, 0.05) is 11.6 Å². The lowest BCUT2D eigenvalue weighted by Gasteiger charge is -2.44. The molecule has 0 bridgehead atoms. The van der Waals surface area contributed by atoms with Crippen LogP contribution in [0.3, 0.4) is 0 Å². The molecule has 1 aliphatic carbocycles. The van der Waals surface area contributed by atoms with Crippen LogP contribution in [0.2, 0.25) is 0 Å². The van der Waals surface area contributed by atoms with E-state index in [9.17, 15) is 113 Å². The third-order valence-corrected chi connectivity index (χ3v) is 7.61. The summed E-state index contributed by atoms with van der Waals surface area (Å²) in [7, 11) is 0. The lowest BCUT2D eigenvalue weighted by atomic mass is 9.83. The monoisotopic (exact) mass is 824 g/mol. The Kier molecular flexibility index (Phi) is 11.9. The van der Waals surface area contributed by atoms with Gasteiger partial charge >= 0.3 is 71.6 Å². The molecule has 1 fully saturated rings. The minimum absolute atomic E-state index is 0.0548. The lowest BCUT2D eigenvalue weighted by Crippen LogP contribution is -2.76. The highest BCUT2D eigenvalue weighted by molar-refractivity contribution is 5.70. The number of rotatable bonds is 15. The summed E-state index contributed by atoms with van der Waals surface area (Å²) in [5.74, 6) is -79.8. The van der Waals surface area contributed by atoms with E-state index in [-0.39, 0.29) is 18.9 Å². The molecule has 29 heteroatoms. The Morgan fingerprint density at radius 3 is 1.47 bits per heavy atom. The Labute approximate surface area is 278 Å². The van der Waals surface area contributed by atoms with E-state index in [1.165, 1.54) is 0 Å². The molecule has 1 aromatic rings. The van der Waals surface area contributed by atoms with Crippen LogP contribution in [0.4, 0.5) is 104 Å². The van der Waals surface area contributed by atoms with Crippen molar-refractivity contribution in [3.05, 3.63) is 37.9 Å². The summed E-state index contributed by atoms with van der Waals surface area (Å²) < 4.78 is 280. The van der Waals surface area contributed by atoms with Gasteiger partial charge in [-0.05, 0) is 18.8 Å². The number of non-ortho nitro benzene ring substituents is 1. The zero-order chi connectivity index (χ0) is 41.8. The van der Waals surface area contributed by atoms with Crippen LogP contribution in [0.25, 0.3) is 0 Å². The SMILES string of the molecule is O=C(OCC(F)(F)C(F)(F)C(F)(F)C(F)(F)C(F)(F)C(F)(F)C(F)(F)C(F)(F)C(F)(F)C(F)F)Oc1c(C2CCCCC2)cc([N+](=O)[O-])cc1[N+](=O)[O-]. The highest BCUT2D eigenvalue weighted by Crippen LogP contribution is 2.65. The first-order valence-corrected chi connectivity index (χ1v) is 13.5. The van der Waals surface area contributed by atoms with Crippen molar-refractivity contribution in [2.24, 2.45) is 0 Å². The first kappa shape index (κ1) is 45.0. The number of alkyl halides is 20. The number of carbonyl (C=O) groups excluding carboxylic acids is 1. The van der Waals surface area contributed by atoms with E-state index in [2.05, 4.69) is 9.47 Å². The van der Waals surface area contributed by atoms with Crippen LogP contribution in [0, 0.1) is 20.2 Å². The zero-order valence-electron chi connectivity index (χ0n) is 24.9. The Balaban J connectivity index is 2.51. The van der Waals surface area contributed by atoms with Crippen molar-refractivity contribution in [2.45, 2.75) is 97.8 Å². The highest BCUT2D eigenvalue weighted by Gasteiger charge is 2.96. The first-order chi connectivity index (χ1) is 23.5. The first-order valence-electron chi connectivity index (χ1n) is 13.5. The largest absolute Gasteiger partial charge is 0.514 e. The molecule has 0 radical (unpaired) electrons. The minimum atomic E-state index is -9.24. The van der Waals surface area contributed by atoms with Gasteiger partial charge in [0.2, 0.25) is 5.75 Å². The maximum absolute atomic E-state index is 14.2. The molecule has 53 heavy (non-hydrogen) atoms. The molecule has 0 saturated heterocycles. The molecule has 0 heterocycles. The van der Waals surface area contributed by atoms with Gasteiger partial charge in [-0.25, -0.2) is 13.6 Å². The Morgan fingerprint density at radius 2 is 1.08 bits per heavy atom. The molecule has 2 rings (SSSR count). The van der Waals surface area contributed by atoms with Crippen LogP contribution < -0.4 is 4.74 Å². The topological polar surface area (TPSA) is 122 Å². The number of carbonyl (C=O) groups is 1. The van der Waals surface area contributed by atoms with E-state index in [4.69, 9.17) is 0 Å². The molecule has 1 saturated carbocycles. The summed E-state index contributed by atoms with van der Waals surface area (Å²) in [4.78, 5) is 32.1. The predicted molar refractivity (Wildman–Crippen MR) is 128 cm³/mol. The smallest absolute Gasteiger partial charge is 0.427 e. The average Bonchev–Trinajstić information content (AvgIpc) is 3.03. The number of nitro groups is 2. The van der Waals surface area contributed by atoms with Crippen LogP contribution >= 0.6 is 0 Å². The molecule has 0 spiro atoms. The van der Waals surface area contributed by atoms with Crippen molar-refractivity contribution in [2.75, 3.05) is 6.61 Å². The summed E-state index contributed by atoms with van der Waals surface area (Å²) in [5, 5.41) is 22.8. The second-order valence-electron chi connectivity index (χ2n) is 11.0. The number of halogens is 20. The fourth-order valence-electron chi connectivity index (χ4n) is 4.60. The van der Waals surface area contributed by atoms with Crippen molar-refractivity contribution < 1.29 is 112 Å². The van der Waals surface area contributed by atoms with Gasteiger partial charge in [-0.3, -0.25) is 20.2 Å². The average molecular weight is 824 g/mol. The molecule has 1 aliphatic rings. The number of benzene rings is 1. The van der Waals surface area contributed by atoms with Crippen molar-refractivity contribution >= 4 is 17.5 Å². The molecule has 0 aromatic heterocycles. The van der Waals surface area contributed by atoms with Crippen molar-refractivity contribution in [3.8, 4) is 5.75 Å². The lowest BCUT2D eigenvalue weighted by molar-refractivity contribution is -0.465. The maximum Gasteiger partial charge on any atom is 0.514 e. The summed E-state index contributed by atoms with van der Waals surface area (Å²) in [5.41, 5.74) is -3.15. The molecular weight excluding hydrogens is 808 g/mol. The van der Waals surface area contributed by atoms with Gasteiger partial charge in [0.1, 0.15) is 0 Å². The molecular formula is C24H16F20N2O7. The summed E-state index contributed by atoms with van der Waals surface area (Å²) >= 11 is 0. The number of ether oxygens (including phenoxy) is 2. The molecule has 0 N–H and O–H groups in total. The van der Waals surface area contributed by atoms with Crippen LogP contribution in [0.1, 0.15) is 43.6 Å². The number of hydrogen-bond donors (Lipinski definition) is 0. The van der Waals surface area contributed by atoms with Crippen LogP contribution in [-0.2, 0) is 4.74 Å². The normalized spacial score (nSPS) is 16.5. The second-order valence-corrected chi connectivity index (χ2v) is 11.0. The predicted octanol–water partition coefficient (Wildman–Crippen LogP) is 10.0. The van der Waals surface area contributed by atoms with E-state index < -0.39 is 111 Å². The molecule has 1 aromatic carbocycles. The highest BCUT2D eigenvalue weighted by atomic mass is 19.4. The molecule has 304 valence electrons. The van der Waals surface area contributed by atoms with E-state index in [1.807, 2.05) is 0 Å². The molecule has 0 aliphatic heterocycles. The molecule has 0 unspecified atom stereocenters. The zero-order valence-corrected chi connectivity index (χ0v) is 24.9. The molecule has 0 atom stereocenters. The van der Waals surface area contributed by atoms with Crippen molar-refractivity contribution in [1.82, 2.24) is 0 Å². The Hall–Kier alpha value is -4.11. The number of nitrogens with zero attached hydrogens (tertiary/aromatic N) is 2. The second kappa shape index (κ2) is 13.9. The fourth-order valence-corrected chi connectivity index (χ4v) is 4.60. The van der Waals surface area contributed by atoms with Crippen molar-refractivity contribution in [1.29, 1.82) is 0 Å². The Bertz CT molecular complexity index is 1560. The van der Waals surface area contributed by atoms with Crippen LogP contribution in [0.15, 0.2) is 12.1 Å². The van der Waals surface area contributed by atoms with Gasteiger partial charge in [-0.15, -0.1) is 0 Å². The third-order valence-electron chi connectivity index (χ3n) is 7.61. The van der Waals surface area contributed by atoms with E-state index >= 15 is 0 Å². The Morgan fingerprint density at radius 1 is 0.660 bits per heavy atom. The van der Waals surface area contributed by atoms with Crippen LogP contribution in [0.5, 0.6) is 5.75 Å². The standard InChI is InChI=1S/C24H16F20N2O7/c25-14(26)17(29,30)19(33,34)21(37,38)23(41,42)24(43,44)22(39,40)20(35,36)18(31,32)16(27,28)8-52-15(47)53-13-11(9-4-2-1-3-5-9)6-10(45(48)49)7-12(13)46(50)51/h6-7,9,14H,1-5,8H2. The number of hydrogen-bond acceptors (Lipinski definition) is 7. The summed E-state index contributed by atoms with van der Waals surface area (Å²) in [6, 6.07) is 0.658. The van der Waals surface area contributed by atoms with Crippen molar-refractivity contribution in [3.63, 3.8) is 0 Å². The third kappa shape index (κ3) is 7.02. The van der Waals surface area contributed by atoms with Gasteiger partial charge in [0.25, 0.3) is 5.69 Å². The summed E-state index contributed by atoms with van der Waals surface area (Å²) in [6.07, 6.45) is -7.78. The molecule has 0 amide bonds. The van der Waals surface area contributed by atoms with E-state index in [1.54, 1.807) is 0 Å². The van der Waals surface area contributed by atoms with Gasteiger partial charge < -0.3 is 9.47 Å². The van der Waals surface area contributed by atoms with E-state index in [0.717, 1.165) is 0 Å². The molecule has 9 nitrogen and oxygen atoms in total. The summed E-state index contributed by atoms with van der Waals surface area (Å²) in [6.45, 7) is -3.78. The quantitative estimate of drug-likeness (QED) is 0.0568. The van der Waals surface area contributed by atoms with Gasteiger partial charge in [0.05, 0.1) is 15.9 Å². The van der Waals surface area contributed by atoms with E-state index in [0.29, 0.717) is 25.3 Å². The van der Waals surface area contributed by atoms with Gasteiger partial charge in [-0.1, -0.05) is 19.3 Å². The fraction of sp³-hybridized carbons (Fsp3) is 0.708. The van der Waals surface area contributed by atoms with Crippen LogP contribution in [-0.4, -0.2) is 82.3 Å². The van der Waals surface area contributed by atoms with Gasteiger partial charge in [0.15, 0.2) is 6.61 Å². The maximum atomic E-state index is 14.2. The van der Waals surface area contributed by atoms with Gasteiger partial charge in [-0.2, -0.15) is 79.0 Å².